The Bertz CT molecular complexity index is 379. The molecule has 0 fully saturated rings. The molecule has 6 heteroatoms. The highest BCUT2D eigenvalue weighted by molar-refractivity contribution is 7.15. The van der Waals surface area contributed by atoms with Crippen LogP contribution >= 0.6 is 11.3 Å². The van der Waals surface area contributed by atoms with Gasteiger partial charge in [-0.3, -0.25) is 5.32 Å². The van der Waals surface area contributed by atoms with Crippen LogP contribution in [0.2, 0.25) is 0 Å². The van der Waals surface area contributed by atoms with E-state index in [1.165, 1.54) is 16.2 Å². The number of aliphatic hydroxyl groups excluding tert-OH is 1. The Morgan fingerprint density at radius 1 is 1.44 bits per heavy atom. The van der Waals surface area contributed by atoms with Gasteiger partial charge in [0.2, 0.25) is 0 Å². The van der Waals surface area contributed by atoms with Crippen LogP contribution in [0.25, 0.3) is 0 Å². The Hall–Kier alpha value is -1.14. The van der Waals surface area contributed by atoms with Gasteiger partial charge in [-0.1, -0.05) is 20.3 Å². The van der Waals surface area contributed by atoms with E-state index in [-0.39, 0.29) is 12.6 Å². The summed E-state index contributed by atoms with van der Waals surface area (Å²) in [6.07, 6.45) is 3.51. The summed E-state index contributed by atoms with van der Waals surface area (Å²) in [6.45, 7) is 4.76. The molecule has 0 aliphatic rings. The van der Waals surface area contributed by atoms with E-state index in [0.29, 0.717) is 18.1 Å². The van der Waals surface area contributed by atoms with Crippen LogP contribution in [0, 0.1) is 0 Å². The van der Waals surface area contributed by atoms with Crippen molar-refractivity contribution in [2.24, 2.45) is 0 Å². The van der Waals surface area contributed by atoms with E-state index in [4.69, 9.17) is 5.11 Å². The molecule has 0 unspecified atom stereocenters. The first-order valence-corrected chi connectivity index (χ1v) is 7.17. The molecule has 1 aromatic heterocycles. The first kappa shape index (κ1) is 14.9. The van der Waals surface area contributed by atoms with Gasteiger partial charge in [0.05, 0.1) is 5.69 Å². The normalized spacial score (nSPS) is 10.4. The van der Waals surface area contributed by atoms with E-state index < -0.39 is 0 Å². The van der Waals surface area contributed by atoms with E-state index >= 15 is 0 Å². The second-order valence-electron chi connectivity index (χ2n) is 3.95. The summed E-state index contributed by atoms with van der Waals surface area (Å²) in [5, 5.41) is 14.7. The standard InChI is InChI=1S/C12H21N3O2S/c1-3-6-9-10(4-2)18-12(14-9)15-11(17)13-7-5-8-16/h16H,3-8H2,1-2H3,(H2,13,14,15,17). The third-order valence-corrected chi connectivity index (χ3v) is 3.58. The predicted molar refractivity (Wildman–Crippen MR) is 74.2 cm³/mol. The Labute approximate surface area is 112 Å². The van der Waals surface area contributed by atoms with Gasteiger partial charge >= 0.3 is 6.03 Å². The lowest BCUT2D eigenvalue weighted by Gasteiger charge is -2.03. The lowest BCUT2D eigenvalue weighted by molar-refractivity contribution is 0.249. The molecule has 1 aromatic rings. The highest BCUT2D eigenvalue weighted by atomic mass is 32.1. The topological polar surface area (TPSA) is 74.2 Å². The maximum Gasteiger partial charge on any atom is 0.321 e. The minimum atomic E-state index is -0.261. The van der Waals surface area contributed by atoms with Gasteiger partial charge in [-0.25, -0.2) is 9.78 Å². The third kappa shape index (κ3) is 4.62. The van der Waals surface area contributed by atoms with Crippen LogP contribution in [-0.2, 0) is 12.8 Å². The fraction of sp³-hybridized carbons (Fsp3) is 0.667. The third-order valence-electron chi connectivity index (χ3n) is 2.43. The molecule has 102 valence electrons. The Morgan fingerprint density at radius 3 is 2.83 bits per heavy atom. The van der Waals surface area contributed by atoms with Crippen LogP contribution in [0.15, 0.2) is 0 Å². The minimum absolute atomic E-state index is 0.0815. The van der Waals surface area contributed by atoms with Gasteiger partial charge in [0.25, 0.3) is 0 Å². The number of nitrogens with zero attached hydrogens (tertiary/aromatic N) is 1. The molecule has 2 amide bonds. The summed E-state index contributed by atoms with van der Waals surface area (Å²) in [7, 11) is 0. The number of urea groups is 1. The van der Waals surface area contributed by atoms with Crippen LogP contribution in [0.3, 0.4) is 0 Å². The highest BCUT2D eigenvalue weighted by Gasteiger charge is 2.10. The SMILES string of the molecule is CCCc1nc(NC(=O)NCCCO)sc1CC. The maximum absolute atomic E-state index is 11.5. The number of aromatic nitrogens is 1. The molecule has 0 aromatic carbocycles. The van der Waals surface area contributed by atoms with E-state index in [9.17, 15) is 4.79 Å². The molecule has 0 atom stereocenters. The minimum Gasteiger partial charge on any atom is -0.396 e. The molecule has 0 saturated carbocycles. The summed E-state index contributed by atoms with van der Waals surface area (Å²) < 4.78 is 0. The molecule has 0 saturated heterocycles. The van der Waals surface area contributed by atoms with Gasteiger partial charge in [-0.05, 0) is 19.3 Å². The molecule has 0 aliphatic heterocycles. The smallest absolute Gasteiger partial charge is 0.321 e. The average Bonchev–Trinajstić information content (AvgIpc) is 2.72. The van der Waals surface area contributed by atoms with Crippen molar-refractivity contribution in [1.82, 2.24) is 10.3 Å². The van der Waals surface area contributed by atoms with Crippen LogP contribution in [0.4, 0.5) is 9.93 Å². The first-order chi connectivity index (χ1) is 8.71. The zero-order chi connectivity index (χ0) is 13.4. The van der Waals surface area contributed by atoms with Crippen LogP contribution in [-0.4, -0.2) is 29.3 Å². The van der Waals surface area contributed by atoms with Crippen molar-refractivity contribution in [3.8, 4) is 0 Å². The zero-order valence-corrected chi connectivity index (χ0v) is 11.8. The average molecular weight is 271 g/mol. The summed E-state index contributed by atoms with van der Waals surface area (Å²) >= 11 is 1.53. The van der Waals surface area contributed by atoms with Crippen molar-refractivity contribution < 1.29 is 9.90 Å². The maximum atomic E-state index is 11.5. The van der Waals surface area contributed by atoms with Gasteiger partial charge in [-0.2, -0.15) is 0 Å². The lowest BCUT2D eigenvalue weighted by Crippen LogP contribution is -2.29. The second-order valence-corrected chi connectivity index (χ2v) is 5.03. The molecule has 1 rings (SSSR count). The van der Waals surface area contributed by atoms with E-state index in [0.717, 1.165) is 25.0 Å². The van der Waals surface area contributed by atoms with Crippen molar-refractivity contribution >= 4 is 22.5 Å². The van der Waals surface area contributed by atoms with Crippen molar-refractivity contribution in [1.29, 1.82) is 0 Å². The molecular weight excluding hydrogens is 250 g/mol. The second kappa shape index (κ2) is 8.05. The number of rotatable bonds is 7. The van der Waals surface area contributed by atoms with Crippen LogP contribution in [0.1, 0.15) is 37.3 Å². The molecule has 0 bridgehead atoms. The Kier molecular flexibility index (Phi) is 6.67. The number of nitrogens with one attached hydrogen (secondary N) is 2. The molecule has 3 N–H and O–H groups in total. The summed E-state index contributed by atoms with van der Waals surface area (Å²) in [5.74, 6) is 0. The van der Waals surface area contributed by atoms with Gasteiger partial charge in [0.1, 0.15) is 0 Å². The zero-order valence-electron chi connectivity index (χ0n) is 11.0. The molecule has 0 radical (unpaired) electrons. The number of hydrogen-bond donors (Lipinski definition) is 3. The summed E-state index contributed by atoms with van der Waals surface area (Å²) in [4.78, 5) is 17.2. The molecule has 5 nitrogen and oxygen atoms in total. The van der Waals surface area contributed by atoms with Crippen LogP contribution in [0.5, 0.6) is 0 Å². The van der Waals surface area contributed by atoms with E-state index in [1.807, 2.05) is 0 Å². The number of amides is 2. The fourth-order valence-electron chi connectivity index (χ4n) is 1.57. The molecule has 18 heavy (non-hydrogen) atoms. The van der Waals surface area contributed by atoms with E-state index in [2.05, 4.69) is 29.5 Å². The van der Waals surface area contributed by atoms with E-state index in [1.54, 1.807) is 0 Å². The lowest BCUT2D eigenvalue weighted by atomic mass is 10.2. The summed E-state index contributed by atoms with van der Waals surface area (Å²) in [6, 6.07) is -0.261. The Morgan fingerprint density at radius 2 is 2.22 bits per heavy atom. The fourth-order valence-corrected chi connectivity index (χ4v) is 2.51. The highest BCUT2D eigenvalue weighted by Crippen LogP contribution is 2.24. The molecular formula is C12H21N3O2S. The summed E-state index contributed by atoms with van der Waals surface area (Å²) in [5.41, 5.74) is 1.09. The number of aliphatic hydroxyl groups is 1. The first-order valence-electron chi connectivity index (χ1n) is 6.35. The van der Waals surface area contributed by atoms with Gasteiger partial charge in [0, 0.05) is 18.0 Å². The number of carbonyl (C=O) groups is 1. The molecule has 0 spiro atoms. The van der Waals surface area contributed by atoms with Crippen molar-refractivity contribution in [2.45, 2.75) is 39.5 Å². The van der Waals surface area contributed by atoms with Gasteiger partial charge < -0.3 is 10.4 Å². The molecule has 1 heterocycles. The number of hydrogen-bond acceptors (Lipinski definition) is 4. The quantitative estimate of drug-likeness (QED) is 0.665. The molecule has 0 aliphatic carbocycles. The monoisotopic (exact) mass is 271 g/mol. The van der Waals surface area contributed by atoms with Crippen LogP contribution < -0.4 is 10.6 Å². The van der Waals surface area contributed by atoms with Crippen molar-refractivity contribution in [3.63, 3.8) is 0 Å². The largest absolute Gasteiger partial charge is 0.396 e. The number of anilines is 1. The van der Waals surface area contributed by atoms with Crippen molar-refractivity contribution in [3.05, 3.63) is 10.6 Å². The van der Waals surface area contributed by atoms with Gasteiger partial charge in [-0.15, -0.1) is 11.3 Å². The number of aryl methyl sites for hydroxylation is 2. The van der Waals surface area contributed by atoms with Gasteiger partial charge in [0.15, 0.2) is 5.13 Å². The number of thiazole rings is 1. The number of carbonyl (C=O) groups excluding carboxylic acids is 1. The predicted octanol–water partition coefficient (Wildman–Crippen LogP) is 2.16. The van der Waals surface area contributed by atoms with Crippen molar-refractivity contribution in [2.75, 3.05) is 18.5 Å². The Balaban J connectivity index is 2.53.